The van der Waals surface area contributed by atoms with E-state index in [0.29, 0.717) is 5.56 Å². The van der Waals surface area contributed by atoms with Gasteiger partial charge in [-0.05, 0) is 51.8 Å². The molecule has 0 unspecified atom stereocenters. The minimum absolute atomic E-state index is 0.0363. The van der Waals surface area contributed by atoms with Gasteiger partial charge in [-0.3, -0.25) is 0 Å². The summed E-state index contributed by atoms with van der Waals surface area (Å²) in [5, 5.41) is 0. The number of rotatable bonds is 3. The number of hydrogen-bond donors (Lipinski definition) is 0. The van der Waals surface area contributed by atoms with Crippen molar-refractivity contribution in [2.24, 2.45) is 0 Å². The van der Waals surface area contributed by atoms with Gasteiger partial charge in [-0.25, -0.2) is 4.39 Å². The van der Waals surface area contributed by atoms with Gasteiger partial charge in [0.1, 0.15) is 17.3 Å². The predicted octanol–water partition coefficient (Wildman–Crippen LogP) is 6.14. The van der Waals surface area contributed by atoms with Crippen molar-refractivity contribution >= 4 is 27.5 Å². The zero-order valence-electron chi connectivity index (χ0n) is 10.3. The molecule has 2 aromatic carbocycles. The maximum absolute atomic E-state index is 13.1. The van der Waals surface area contributed by atoms with Crippen LogP contribution in [0.2, 0.25) is 0 Å². The summed E-state index contributed by atoms with van der Waals surface area (Å²) in [5.41, 5.74) is -0.599. The van der Waals surface area contributed by atoms with Crippen LogP contribution in [0, 0.1) is 5.82 Å². The number of ether oxygens (including phenoxy) is 1. The molecule has 0 atom stereocenters. The number of alkyl halides is 4. The van der Waals surface area contributed by atoms with Crippen LogP contribution in [0.1, 0.15) is 11.1 Å². The molecule has 21 heavy (non-hydrogen) atoms. The van der Waals surface area contributed by atoms with E-state index in [4.69, 9.17) is 16.3 Å². The Balaban J connectivity index is 2.41. The maximum Gasteiger partial charge on any atom is 0.419 e. The summed E-state index contributed by atoms with van der Waals surface area (Å²) in [6.07, 6.45) is -4.57. The summed E-state index contributed by atoms with van der Waals surface area (Å²) in [5.74, 6) is -0.844. The summed E-state index contributed by atoms with van der Waals surface area (Å²) in [6.45, 7) is 0. The van der Waals surface area contributed by atoms with Crippen LogP contribution in [0.4, 0.5) is 17.6 Å². The van der Waals surface area contributed by atoms with Crippen molar-refractivity contribution in [3.05, 3.63) is 57.8 Å². The zero-order chi connectivity index (χ0) is 15.6. The minimum atomic E-state index is -4.57. The minimum Gasteiger partial charge on any atom is -0.457 e. The predicted molar refractivity (Wildman–Crippen MR) is 75.2 cm³/mol. The lowest BCUT2D eigenvalue weighted by Crippen LogP contribution is -2.07. The second-order valence-corrected chi connectivity index (χ2v) is 5.26. The molecular weight excluding hydrogens is 376 g/mol. The third kappa shape index (κ3) is 3.89. The normalized spacial score (nSPS) is 11.5. The largest absolute Gasteiger partial charge is 0.457 e. The first-order valence-corrected chi connectivity index (χ1v) is 7.03. The molecular formula is C14H8BrClF4O. The van der Waals surface area contributed by atoms with Crippen LogP contribution >= 0.6 is 27.5 Å². The highest BCUT2D eigenvalue weighted by Crippen LogP contribution is 2.39. The molecule has 0 aliphatic heterocycles. The molecule has 112 valence electrons. The lowest BCUT2D eigenvalue weighted by molar-refractivity contribution is -0.138. The van der Waals surface area contributed by atoms with Crippen LogP contribution in [-0.4, -0.2) is 0 Å². The van der Waals surface area contributed by atoms with E-state index in [9.17, 15) is 17.6 Å². The quantitative estimate of drug-likeness (QED) is 0.457. The van der Waals surface area contributed by atoms with E-state index in [1.807, 2.05) is 0 Å². The van der Waals surface area contributed by atoms with Gasteiger partial charge < -0.3 is 4.74 Å². The van der Waals surface area contributed by atoms with Gasteiger partial charge in [0.05, 0.1) is 10.0 Å². The van der Waals surface area contributed by atoms with Gasteiger partial charge in [-0.15, -0.1) is 11.6 Å². The molecule has 2 rings (SSSR count). The third-order valence-corrected chi connectivity index (χ3v) is 3.54. The first kappa shape index (κ1) is 16.1. The second kappa shape index (κ2) is 6.23. The van der Waals surface area contributed by atoms with Crippen molar-refractivity contribution in [1.82, 2.24) is 0 Å². The van der Waals surface area contributed by atoms with Crippen LogP contribution < -0.4 is 4.74 Å². The van der Waals surface area contributed by atoms with Crippen molar-refractivity contribution in [2.75, 3.05) is 0 Å². The Hall–Kier alpha value is -1.27. The van der Waals surface area contributed by atoms with E-state index < -0.39 is 17.6 Å². The molecule has 0 aromatic heterocycles. The monoisotopic (exact) mass is 382 g/mol. The van der Waals surface area contributed by atoms with E-state index in [1.54, 1.807) is 0 Å². The molecule has 0 radical (unpaired) electrons. The molecule has 0 amide bonds. The van der Waals surface area contributed by atoms with Crippen LogP contribution in [-0.2, 0) is 12.1 Å². The Morgan fingerprint density at radius 2 is 1.81 bits per heavy atom. The average molecular weight is 384 g/mol. The van der Waals surface area contributed by atoms with Gasteiger partial charge >= 0.3 is 6.18 Å². The fourth-order valence-corrected chi connectivity index (χ4v) is 2.16. The molecule has 1 nitrogen and oxygen atoms in total. The first-order valence-electron chi connectivity index (χ1n) is 5.70. The lowest BCUT2D eigenvalue weighted by atomic mass is 10.1. The van der Waals surface area contributed by atoms with Crippen molar-refractivity contribution < 1.29 is 22.3 Å². The summed E-state index contributed by atoms with van der Waals surface area (Å²) in [7, 11) is 0. The number of halogens is 6. The molecule has 0 aliphatic rings. The lowest BCUT2D eigenvalue weighted by Gasteiger charge is -2.15. The van der Waals surface area contributed by atoms with Gasteiger partial charge in [0, 0.05) is 5.88 Å². The van der Waals surface area contributed by atoms with E-state index in [1.165, 1.54) is 24.3 Å². The summed E-state index contributed by atoms with van der Waals surface area (Å²) >= 11 is 8.49. The maximum atomic E-state index is 13.1. The molecule has 0 spiro atoms. The van der Waals surface area contributed by atoms with Crippen molar-refractivity contribution in [2.45, 2.75) is 12.1 Å². The Labute approximate surface area is 131 Å². The van der Waals surface area contributed by atoms with Gasteiger partial charge in [0.2, 0.25) is 0 Å². The van der Waals surface area contributed by atoms with Gasteiger partial charge in [-0.1, -0.05) is 6.07 Å². The number of benzene rings is 2. The molecule has 2 aromatic rings. The number of hydrogen-bond acceptors (Lipinski definition) is 1. The van der Waals surface area contributed by atoms with Crippen LogP contribution in [0.5, 0.6) is 11.5 Å². The fourth-order valence-electron chi connectivity index (χ4n) is 1.64. The molecule has 0 saturated heterocycles. The zero-order valence-corrected chi connectivity index (χ0v) is 12.7. The summed E-state index contributed by atoms with van der Waals surface area (Å²) in [6, 6.07) is 7.16. The highest BCUT2D eigenvalue weighted by molar-refractivity contribution is 9.10. The third-order valence-electron chi connectivity index (χ3n) is 2.62. The highest BCUT2D eigenvalue weighted by Gasteiger charge is 2.34. The topological polar surface area (TPSA) is 9.23 Å². The van der Waals surface area contributed by atoms with Crippen LogP contribution in [0.3, 0.4) is 0 Å². The summed E-state index contributed by atoms with van der Waals surface area (Å²) in [4.78, 5) is 0. The average Bonchev–Trinajstić information content (AvgIpc) is 2.42. The van der Waals surface area contributed by atoms with Crippen molar-refractivity contribution in [3.8, 4) is 11.5 Å². The standard InChI is InChI=1S/C14H8BrClF4O/c15-11-6-9(2-3-12(11)17)21-13-4-1-8(7-16)5-10(13)14(18,19)20/h1-6H,7H2. The second-order valence-electron chi connectivity index (χ2n) is 4.14. The van der Waals surface area contributed by atoms with Crippen LogP contribution in [0.15, 0.2) is 40.9 Å². The molecule has 0 heterocycles. The smallest absolute Gasteiger partial charge is 0.419 e. The molecule has 0 fully saturated rings. The summed E-state index contributed by atoms with van der Waals surface area (Å²) < 4.78 is 57.5. The Morgan fingerprint density at radius 1 is 1.10 bits per heavy atom. The molecule has 0 saturated carbocycles. The highest BCUT2D eigenvalue weighted by atomic mass is 79.9. The van der Waals surface area contributed by atoms with E-state index in [2.05, 4.69) is 15.9 Å². The van der Waals surface area contributed by atoms with Gasteiger partial charge in [0.25, 0.3) is 0 Å². The van der Waals surface area contributed by atoms with E-state index in [-0.39, 0.29) is 21.9 Å². The SMILES string of the molecule is Fc1ccc(Oc2ccc(CCl)cc2C(F)(F)F)cc1Br. The Kier molecular flexibility index (Phi) is 4.78. The molecule has 0 N–H and O–H groups in total. The van der Waals surface area contributed by atoms with Gasteiger partial charge in [0.15, 0.2) is 0 Å². The Morgan fingerprint density at radius 3 is 2.38 bits per heavy atom. The van der Waals surface area contributed by atoms with Crippen LogP contribution in [0.25, 0.3) is 0 Å². The van der Waals surface area contributed by atoms with Crippen molar-refractivity contribution in [1.29, 1.82) is 0 Å². The fraction of sp³-hybridized carbons (Fsp3) is 0.143. The molecule has 0 aliphatic carbocycles. The molecule has 0 bridgehead atoms. The Bertz CT molecular complexity index is 658. The van der Waals surface area contributed by atoms with Crippen molar-refractivity contribution in [3.63, 3.8) is 0 Å². The van der Waals surface area contributed by atoms with E-state index >= 15 is 0 Å². The first-order chi connectivity index (χ1) is 9.81. The van der Waals surface area contributed by atoms with Gasteiger partial charge in [-0.2, -0.15) is 13.2 Å². The molecule has 7 heteroatoms. The van der Waals surface area contributed by atoms with E-state index in [0.717, 1.165) is 12.1 Å².